The molecule has 0 saturated heterocycles. The molecule has 0 unspecified atom stereocenters. The first-order valence-electron chi connectivity index (χ1n) is 19.4. The zero-order valence-corrected chi connectivity index (χ0v) is 37.8. The van der Waals surface area contributed by atoms with Crippen LogP contribution in [0, 0.1) is 17.0 Å². The second-order valence-electron chi connectivity index (χ2n) is 14.5. The molecule has 1 aliphatic rings. The molecule has 7 rings (SSSR count). The first-order valence-corrected chi connectivity index (χ1v) is 24.1. The van der Waals surface area contributed by atoms with Crippen LogP contribution in [0.15, 0.2) is 162 Å². The van der Waals surface area contributed by atoms with Gasteiger partial charge in [-0.2, -0.15) is 37.3 Å². The topological polar surface area (TPSA) is 366 Å². The fourth-order valence-corrected chi connectivity index (χ4v) is 8.26. The number of fused-ring (bicyclic) bond motifs is 1. The summed E-state index contributed by atoms with van der Waals surface area (Å²) in [4.78, 5) is 22.5. The molecule has 6 aromatic carbocycles. The normalized spacial score (nSPS) is 13.8. The molecule has 0 amide bonds. The van der Waals surface area contributed by atoms with E-state index in [1.807, 2.05) is 0 Å². The summed E-state index contributed by atoms with van der Waals surface area (Å²) in [6.07, 6.45) is 1.36. The summed E-state index contributed by atoms with van der Waals surface area (Å²) >= 11 is 0. The molecule has 0 atom stereocenters. The van der Waals surface area contributed by atoms with Gasteiger partial charge in [-0.1, -0.05) is 36.4 Å². The minimum absolute atomic E-state index is 0.0141. The van der Waals surface area contributed by atoms with Crippen molar-refractivity contribution in [3.63, 3.8) is 0 Å². The highest BCUT2D eigenvalue weighted by Gasteiger charge is 2.32. The molecule has 24 nitrogen and oxygen atoms in total. The Morgan fingerprint density at radius 2 is 1.26 bits per heavy atom. The number of nitro groups is 1. The summed E-state index contributed by atoms with van der Waals surface area (Å²) in [6.45, 7) is 1.53. The van der Waals surface area contributed by atoms with Crippen molar-refractivity contribution in [2.24, 2.45) is 35.8 Å². The summed E-state index contributed by atoms with van der Waals surface area (Å²) in [6, 6.07) is 26.8. The Balaban J connectivity index is 1.28. The number of ketones is 1. The number of phenolic OH excluding ortho intramolecular Hbond substituents is 2. The maximum atomic E-state index is 13.2. The van der Waals surface area contributed by atoms with Crippen molar-refractivity contribution in [1.82, 2.24) is 0 Å². The average Bonchev–Trinajstić information content (AvgIpc) is 3.28. The lowest BCUT2D eigenvalue weighted by molar-refractivity contribution is -0.384. The third-order valence-electron chi connectivity index (χ3n) is 9.49. The Bertz CT molecular complexity index is 3590. The van der Waals surface area contributed by atoms with E-state index in [4.69, 9.17) is 0 Å². The number of non-ortho nitro benzene ring substituents is 1. The maximum absolute atomic E-state index is 13.2. The van der Waals surface area contributed by atoms with Gasteiger partial charge in [-0.25, -0.2) is 8.42 Å². The van der Waals surface area contributed by atoms with Crippen LogP contribution < -0.4 is 15.5 Å². The number of azo groups is 3. The van der Waals surface area contributed by atoms with Crippen molar-refractivity contribution < 1.29 is 54.3 Å². The van der Waals surface area contributed by atoms with Gasteiger partial charge in [-0.15, -0.1) is 15.3 Å². The molecule has 0 bridgehead atoms. The van der Waals surface area contributed by atoms with Crippen LogP contribution in [0.2, 0.25) is 0 Å². The molecular formula is C42H33N11O13S3. The van der Waals surface area contributed by atoms with Crippen molar-refractivity contribution in [2.75, 3.05) is 21.7 Å². The SMILES string of the molecule is Cc1cc(N=Nc2ccc(Nc3ccccc3)c(S(=O)(=O)O)c2)c(NS(C)(=O)=O)cc1N=Nc1cc(N/N=C2/C(=O)C=C(S(=O)(=O)O)c3cc([N+](=O)[O-])ccc32)c(O)c(N=Nc2ccccc2)c1O. The summed E-state index contributed by atoms with van der Waals surface area (Å²) in [5.74, 6) is -2.66. The molecule has 0 heterocycles. The van der Waals surface area contributed by atoms with Crippen LogP contribution in [0.5, 0.6) is 11.5 Å². The molecule has 69 heavy (non-hydrogen) atoms. The molecule has 0 saturated carbocycles. The number of hydrazone groups is 1. The van der Waals surface area contributed by atoms with Gasteiger partial charge in [-0.05, 0) is 79.2 Å². The number of nitro benzene ring substituents is 1. The number of sulfonamides is 1. The van der Waals surface area contributed by atoms with Gasteiger partial charge in [0.05, 0.1) is 39.6 Å². The molecule has 0 aliphatic heterocycles. The lowest BCUT2D eigenvalue weighted by atomic mass is 9.94. The molecular weight excluding hydrogens is 963 g/mol. The Hall–Kier alpha value is -8.63. The molecule has 0 aromatic heterocycles. The lowest BCUT2D eigenvalue weighted by Crippen LogP contribution is -2.23. The van der Waals surface area contributed by atoms with Gasteiger partial charge in [-0.3, -0.25) is 34.2 Å². The molecule has 7 N–H and O–H groups in total. The Morgan fingerprint density at radius 1 is 0.623 bits per heavy atom. The van der Waals surface area contributed by atoms with E-state index in [9.17, 15) is 59.5 Å². The van der Waals surface area contributed by atoms with Gasteiger partial charge in [0, 0.05) is 35.0 Å². The number of nitrogens with one attached hydrogen (secondary N) is 3. The van der Waals surface area contributed by atoms with Gasteiger partial charge in [0.2, 0.25) is 15.8 Å². The third kappa shape index (κ3) is 11.5. The van der Waals surface area contributed by atoms with Gasteiger partial charge in [0.25, 0.3) is 25.9 Å². The highest BCUT2D eigenvalue weighted by Crippen LogP contribution is 2.49. The van der Waals surface area contributed by atoms with Crippen LogP contribution >= 0.6 is 0 Å². The van der Waals surface area contributed by atoms with Crippen LogP contribution in [0.25, 0.3) is 4.91 Å². The summed E-state index contributed by atoms with van der Waals surface area (Å²) < 4.78 is 96.2. The number of carbonyl (C=O) groups is 1. The van der Waals surface area contributed by atoms with E-state index in [0.717, 1.165) is 36.6 Å². The van der Waals surface area contributed by atoms with Crippen molar-refractivity contribution >= 4 is 109 Å². The number of hydrogen-bond donors (Lipinski definition) is 7. The predicted octanol–water partition coefficient (Wildman–Crippen LogP) is 9.55. The number of rotatable bonds is 15. The van der Waals surface area contributed by atoms with Gasteiger partial charge >= 0.3 is 0 Å². The van der Waals surface area contributed by atoms with E-state index in [1.165, 1.54) is 31.2 Å². The number of aromatic hydroxyl groups is 2. The predicted molar refractivity (Wildman–Crippen MR) is 252 cm³/mol. The van der Waals surface area contributed by atoms with Gasteiger partial charge in [0.15, 0.2) is 17.2 Å². The highest BCUT2D eigenvalue weighted by molar-refractivity contribution is 7.95. The van der Waals surface area contributed by atoms with E-state index in [0.29, 0.717) is 17.3 Å². The second-order valence-corrected chi connectivity index (χ2v) is 19.0. The molecule has 0 radical (unpaired) electrons. The smallest absolute Gasteiger partial charge is 0.296 e. The van der Waals surface area contributed by atoms with Crippen molar-refractivity contribution in [3.05, 3.63) is 148 Å². The largest absolute Gasteiger partial charge is 0.504 e. The van der Waals surface area contributed by atoms with Crippen molar-refractivity contribution in [2.45, 2.75) is 11.8 Å². The number of aryl methyl sites for hydroxylation is 1. The monoisotopic (exact) mass is 995 g/mol. The van der Waals surface area contributed by atoms with Crippen LogP contribution in [-0.2, 0) is 35.1 Å². The zero-order chi connectivity index (χ0) is 49.8. The number of carbonyl (C=O) groups excluding carboxylic acids is 1. The average molecular weight is 996 g/mol. The fourth-order valence-electron chi connectivity index (χ4n) is 6.33. The molecule has 0 fully saturated rings. The zero-order valence-electron chi connectivity index (χ0n) is 35.3. The molecule has 27 heteroatoms. The van der Waals surface area contributed by atoms with E-state index in [1.54, 1.807) is 60.7 Å². The number of phenols is 2. The van der Waals surface area contributed by atoms with Crippen LogP contribution in [0.3, 0.4) is 0 Å². The first kappa shape index (κ1) is 48.3. The Kier molecular flexibility index (Phi) is 13.5. The molecule has 1 aliphatic carbocycles. The Morgan fingerprint density at radius 3 is 1.91 bits per heavy atom. The minimum Gasteiger partial charge on any atom is -0.504 e. The van der Waals surface area contributed by atoms with Crippen LogP contribution in [-0.4, -0.2) is 67.2 Å². The number of anilines is 4. The lowest BCUT2D eigenvalue weighted by Gasteiger charge is -2.17. The number of hydrogen-bond acceptors (Lipinski definition) is 20. The number of benzene rings is 6. The molecule has 352 valence electrons. The minimum atomic E-state index is -5.08. The fraction of sp³-hybridized carbons (Fsp3) is 0.0476. The maximum Gasteiger partial charge on any atom is 0.296 e. The van der Waals surface area contributed by atoms with E-state index in [2.05, 4.69) is 51.3 Å². The summed E-state index contributed by atoms with van der Waals surface area (Å²) in [5, 5.41) is 65.7. The number of allylic oxidation sites excluding steroid dienone is 1. The van der Waals surface area contributed by atoms with Gasteiger partial charge in [0.1, 0.15) is 32.6 Å². The number of para-hydroxylation sites is 1. The first-order chi connectivity index (χ1) is 32.6. The molecule has 6 aromatic rings. The highest BCUT2D eigenvalue weighted by atomic mass is 32.2. The Labute approximate surface area is 390 Å². The van der Waals surface area contributed by atoms with E-state index in [-0.39, 0.29) is 39.7 Å². The van der Waals surface area contributed by atoms with Crippen molar-refractivity contribution in [1.29, 1.82) is 0 Å². The van der Waals surface area contributed by atoms with Gasteiger partial charge < -0.3 is 15.5 Å². The molecule has 0 spiro atoms. The van der Waals surface area contributed by atoms with E-state index < -0.39 is 96.3 Å². The third-order valence-corrected chi connectivity index (χ3v) is 11.9. The van der Waals surface area contributed by atoms with Crippen LogP contribution in [0.1, 0.15) is 16.7 Å². The number of nitrogens with zero attached hydrogens (tertiary/aromatic N) is 8. The quantitative estimate of drug-likeness (QED) is 0.0126. The van der Waals surface area contributed by atoms with Crippen molar-refractivity contribution in [3.8, 4) is 11.5 Å². The standard InChI is InChI=1S/C42H33N11O13S3/c1-23-17-32(47-45-26-13-16-30(38(18-26)69(64,65)66)43-24-9-5-3-6-10-24)33(52-67(2,59)60)20-31(23)46-48-34-21-35(42(56)40(41(34)55)51-44-25-11-7-4-8-12-25)49-50-39-28-15-14-27(53(57)58)19-29(28)37(22-36(39)54)68(61,62)63/h3-22,43,49,52,55-56H,1-2H3,(H,61,62,63)(H,64,65,66)/b47-45?,48-46?,50-39+,51-44?. The summed E-state index contributed by atoms with van der Waals surface area (Å²) in [7, 11) is -13.9. The summed E-state index contributed by atoms with van der Waals surface area (Å²) in [5.41, 5.74) is 0.0491. The second kappa shape index (κ2) is 19.3. The van der Waals surface area contributed by atoms with E-state index >= 15 is 0 Å². The van der Waals surface area contributed by atoms with Crippen LogP contribution in [0.4, 0.5) is 62.6 Å².